The number of pyridine rings is 1. The zero-order valence-electron chi connectivity index (χ0n) is 13.2. The SMILES string of the molecule is COc1ccc(CN2CCCC2c2cccnc2)cc1OC. The Morgan fingerprint density at radius 1 is 1.18 bits per heavy atom. The molecule has 1 aliphatic rings. The van der Waals surface area contributed by atoms with E-state index in [1.54, 1.807) is 14.2 Å². The highest BCUT2D eigenvalue weighted by atomic mass is 16.5. The van der Waals surface area contributed by atoms with Crippen LogP contribution < -0.4 is 9.47 Å². The minimum absolute atomic E-state index is 0.460. The van der Waals surface area contributed by atoms with Gasteiger partial charge in [0.05, 0.1) is 14.2 Å². The molecule has 4 heteroatoms. The molecule has 1 aliphatic heterocycles. The Morgan fingerprint density at radius 3 is 2.77 bits per heavy atom. The molecule has 1 fully saturated rings. The summed E-state index contributed by atoms with van der Waals surface area (Å²) in [7, 11) is 3.34. The molecule has 4 nitrogen and oxygen atoms in total. The topological polar surface area (TPSA) is 34.6 Å². The van der Waals surface area contributed by atoms with Crippen molar-refractivity contribution in [2.45, 2.75) is 25.4 Å². The number of ether oxygens (including phenoxy) is 2. The Balaban J connectivity index is 1.77. The number of methoxy groups -OCH3 is 2. The lowest BCUT2D eigenvalue weighted by Gasteiger charge is -2.25. The van der Waals surface area contributed by atoms with E-state index >= 15 is 0 Å². The monoisotopic (exact) mass is 298 g/mol. The number of benzene rings is 1. The van der Waals surface area contributed by atoms with Gasteiger partial charge in [0.25, 0.3) is 0 Å². The summed E-state index contributed by atoms with van der Waals surface area (Å²) in [5.74, 6) is 1.56. The van der Waals surface area contributed by atoms with Crippen LogP contribution >= 0.6 is 0 Å². The second-order valence-corrected chi connectivity index (χ2v) is 5.60. The summed E-state index contributed by atoms with van der Waals surface area (Å²) in [4.78, 5) is 6.77. The van der Waals surface area contributed by atoms with Gasteiger partial charge in [-0.25, -0.2) is 0 Å². The van der Waals surface area contributed by atoms with E-state index in [2.05, 4.69) is 28.1 Å². The Labute approximate surface area is 131 Å². The zero-order valence-corrected chi connectivity index (χ0v) is 13.2. The van der Waals surface area contributed by atoms with Crippen LogP contribution in [0.4, 0.5) is 0 Å². The van der Waals surface area contributed by atoms with Crippen LogP contribution in [0.3, 0.4) is 0 Å². The molecule has 116 valence electrons. The maximum Gasteiger partial charge on any atom is 0.161 e. The van der Waals surface area contributed by atoms with Crippen molar-refractivity contribution in [3.63, 3.8) is 0 Å². The third kappa shape index (κ3) is 3.07. The molecule has 0 radical (unpaired) electrons. The summed E-state index contributed by atoms with van der Waals surface area (Å²) < 4.78 is 10.7. The number of hydrogen-bond donors (Lipinski definition) is 0. The van der Waals surface area contributed by atoms with Gasteiger partial charge in [-0.2, -0.15) is 0 Å². The van der Waals surface area contributed by atoms with Crippen molar-refractivity contribution in [1.29, 1.82) is 0 Å². The van der Waals surface area contributed by atoms with Crippen LogP contribution in [0.1, 0.15) is 30.0 Å². The molecular formula is C18H22N2O2. The molecule has 3 rings (SSSR count). The number of nitrogens with zero attached hydrogens (tertiary/aromatic N) is 2. The summed E-state index contributed by atoms with van der Waals surface area (Å²) in [6.07, 6.45) is 6.24. The van der Waals surface area contributed by atoms with Crippen molar-refractivity contribution in [1.82, 2.24) is 9.88 Å². The zero-order chi connectivity index (χ0) is 15.4. The number of aromatic nitrogens is 1. The standard InChI is InChI=1S/C18H22N2O2/c1-21-17-8-7-14(11-18(17)22-2)13-20-10-4-6-16(20)15-5-3-9-19-12-15/h3,5,7-9,11-12,16H,4,6,10,13H2,1-2H3. The number of likely N-dealkylation sites (tertiary alicyclic amines) is 1. The van der Waals surface area contributed by atoms with Gasteiger partial charge >= 0.3 is 0 Å². The summed E-state index contributed by atoms with van der Waals surface area (Å²) >= 11 is 0. The molecule has 0 bridgehead atoms. The van der Waals surface area contributed by atoms with Gasteiger partial charge in [0.15, 0.2) is 11.5 Å². The fourth-order valence-electron chi connectivity index (χ4n) is 3.18. The highest BCUT2D eigenvalue weighted by molar-refractivity contribution is 5.42. The highest BCUT2D eigenvalue weighted by Gasteiger charge is 2.26. The van der Waals surface area contributed by atoms with Crippen molar-refractivity contribution in [3.05, 3.63) is 53.9 Å². The van der Waals surface area contributed by atoms with Crippen LogP contribution in [0.2, 0.25) is 0 Å². The van der Waals surface area contributed by atoms with Crippen LogP contribution in [-0.2, 0) is 6.54 Å². The lowest BCUT2D eigenvalue weighted by Crippen LogP contribution is -2.22. The van der Waals surface area contributed by atoms with Crippen LogP contribution in [0.5, 0.6) is 11.5 Å². The normalized spacial score (nSPS) is 18.4. The predicted molar refractivity (Wildman–Crippen MR) is 86.2 cm³/mol. The lowest BCUT2D eigenvalue weighted by molar-refractivity contribution is 0.247. The molecule has 0 aliphatic carbocycles. The summed E-state index contributed by atoms with van der Waals surface area (Å²) in [6, 6.07) is 10.8. The molecule has 0 saturated carbocycles. The molecule has 1 atom stereocenters. The van der Waals surface area contributed by atoms with E-state index in [4.69, 9.17) is 9.47 Å². The molecule has 0 amide bonds. The first-order chi connectivity index (χ1) is 10.8. The predicted octanol–water partition coefficient (Wildman–Crippen LogP) is 3.44. The van der Waals surface area contributed by atoms with Gasteiger partial charge in [0, 0.05) is 25.0 Å². The van der Waals surface area contributed by atoms with Gasteiger partial charge in [-0.1, -0.05) is 12.1 Å². The Kier molecular flexibility index (Phi) is 4.59. The van der Waals surface area contributed by atoms with Gasteiger partial charge in [0.2, 0.25) is 0 Å². The molecule has 1 aromatic heterocycles. The number of rotatable bonds is 5. The van der Waals surface area contributed by atoms with Gasteiger partial charge in [0.1, 0.15) is 0 Å². The van der Waals surface area contributed by atoms with Crippen LogP contribution in [0.25, 0.3) is 0 Å². The van der Waals surface area contributed by atoms with Crippen LogP contribution in [0.15, 0.2) is 42.7 Å². The first-order valence-electron chi connectivity index (χ1n) is 7.66. The largest absolute Gasteiger partial charge is 0.493 e. The quantitative estimate of drug-likeness (QED) is 0.847. The minimum Gasteiger partial charge on any atom is -0.493 e. The van der Waals surface area contributed by atoms with Crippen molar-refractivity contribution >= 4 is 0 Å². The maximum atomic E-state index is 5.40. The van der Waals surface area contributed by atoms with Crippen LogP contribution in [0, 0.1) is 0 Å². The minimum atomic E-state index is 0.460. The molecule has 1 unspecified atom stereocenters. The second-order valence-electron chi connectivity index (χ2n) is 5.60. The average Bonchev–Trinajstić information content (AvgIpc) is 3.03. The lowest BCUT2D eigenvalue weighted by atomic mass is 10.1. The molecule has 2 heterocycles. The Hall–Kier alpha value is -2.07. The summed E-state index contributed by atoms with van der Waals surface area (Å²) in [5.41, 5.74) is 2.55. The highest BCUT2D eigenvalue weighted by Crippen LogP contribution is 2.34. The molecule has 0 spiro atoms. The third-order valence-electron chi connectivity index (χ3n) is 4.27. The Bertz CT molecular complexity index is 616. The first-order valence-corrected chi connectivity index (χ1v) is 7.66. The Morgan fingerprint density at radius 2 is 2.05 bits per heavy atom. The van der Waals surface area contributed by atoms with E-state index in [0.29, 0.717) is 6.04 Å². The van der Waals surface area contributed by atoms with E-state index in [-0.39, 0.29) is 0 Å². The first kappa shape index (κ1) is 14.9. The maximum absolute atomic E-state index is 5.40. The second kappa shape index (κ2) is 6.79. The fourth-order valence-corrected chi connectivity index (χ4v) is 3.18. The van der Waals surface area contributed by atoms with Crippen LogP contribution in [-0.4, -0.2) is 30.6 Å². The van der Waals surface area contributed by atoms with Gasteiger partial charge in [-0.05, 0) is 48.7 Å². The van der Waals surface area contributed by atoms with Crippen molar-refractivity contribution in [2.75, 3.05) is 20.8 Å². The molecular weight excluding hydrogens is 276 g/mol. The van der Waals surface area contributed by atoms with Gasteiger partial charge < -0.3 is 9.47 Å². The smallest absolute Gasteiger partial charge is 0.161 e. The molecule has 1 saturated heterocycles. The van der Waals surface area contributed by atoms with Crippen molar-refractivity contribution in [2.24, 2.45) is 0 Å². The number of hydrogen-bond acceptors (Lipinski definition) is 4. The summed E-state index contributed by atoms with van der Waals surface area (Å²) in [6.45, 7) is 2.04. The van der Waals surface area contributed by atoms with E-state index in [1.165, 1.54) is 24.0 Å². The fraction of sp³-hybridized carbons (Fsp3) is 0.389. The summed E-state index contributed by atoms with van der Waals surface area (Å²) in [5, 5.41) is 0. The molecule has 1 aromatic carbocycles. The molecule has 2 aromatic rings. The van der Waals surface area contributed by atoms with Crippen molar-refractivity contribution in [3.8, 4) is 11.5 Å². The van der Waals surface area contributed by atoms with Gasteiger partial charge in [-0.15, -0.1) is 0 Å². The van der Waals surface area contributed by atoms with E-state index in [1.807, 2.05) is 24.5 Å². The van der Waals surface area contributed by atoms with E-state index in [9.17, 15) is 0 Å². The average molecular weight is 298 g/mol. The molecule has 22 heavy (non-hydrogen) atoms. The van der Waals surface area contributed by atoms with E-state index < -0.39 is 0 Å². The van der Waals surface area contributed by atoms with Crippen molar-refractivity contribution < 1.29 is 9.47 Å². The third-order valence-corrected chi connectivity index (χ3v) is 4.27. The van der Waals surface area contributed by atoms with E-state index in [0.717, 1.165) is 24.6 Å². The van der Waals surface area contributed by atoms with Gasteiger partial charge in [-0.3, -0.25) is 9.88 Å². The molecule has 0 N–H and O–H groups in total.